The molecule has 2 saturated heterocycles. The highest BCUT2D eigenvalue weighted by molar-refractivity contribution is 6.27. The van der Waals surface area contributed by atoms with Crippen LogP contribution in [0.25, 0.3) is 0 Å². The van der Waals surface area contributed by atoms with Crippen LogP contribution in [-0.4, -0.2) is 47.4 Å². The molecule has 2 aliphatic heterocycles. The zero-order chi connectivity index (χ0) is 12.7. The predicted octanol–water partition coefficient (Wildman–Crippen LogP) is 0.463. The molecule has 98 valence electrons. The number of hydrogen-bond donors (Lipinski definition) is 3. The molecule has 3 N–H and O–H groups in total. The molecule has 0 aromatic carbocycles. The first-order chi connectivity index (χ1) is 8.11. The van der Waals surface area contributed by atoms with Gasteiger partial charge in [0, 0.05) is 12.6 Å². The predicted molar refractivity (Wildman–Crippen MR) is 59.9 cm³/mol. The molecule has 0 saturated carbocycles. The van der Waals surface area contributed by atoms with E-state index in [1.807, 2.05) is 0 Å². The van der Waals surface area contributed by atoms with Crippen molar-refractivity contribution < 1.29 is 24.5 Å². The topological polar surface area (TPSA) is 95.9 Å². The van der Waals surface area contributed by atoms with E-state index in [9.17, 15) is 0 Å². The van der Waals surface area contributed by atoms with E-state index in [0.717, 1.165) is 6.61 Å². The Kier molecular flexibility index (Phi) is 5.93. The van der Waals surface area contributed by atoms with E-state index in [1.165, 1.54) is 38.6 Å². The molecular weight excluding hydrogens is 226 g/mol. The highest BCUT2D eigenvalue weighted by Crippen LogP contribution is 2.20. The molecule has 0 aromatic rings. The van der Waals surface area contributed by atoms with E-state index in [4.69, 9.17) is 24.5 Å². The Morgan fingerprint density at radius 1 is 1.06 bits per heavy atom. The van der Waals surface area contributed by atoms with Crippen LogP contribution in [0.2, 0.25) is 0 Å². The lowest BCUT2D eigenvalue weighted by Gasteiger charge is -2.27. The Hall–Kier alpha value is -1.14. The second-order valence-corrected chi connectivity index (χ2v) is 4.22. The minimum atomic E-state index is -1.82. The average Bonchev–Trinajstić information content (AvgIpc) is 2.84. The number of carboxylic acid groups (broad SMARTS) is 2. The lowest BCUT2D eigenvalue weighted by atomic mass is 9.98. The summed E-state index contributed by atoms with van der Waals surface area (Å²) in [5.74, 6) is -3.65. The Labute approximate surface area is 100.0 Å². The molecule has 2 heterocycles. The number of aliphatic carboxylic acids is 2. The maximum Gasteiger partial charge on any atom is 0.414 e. The van der Waals surface area contributed by atoms with Gasteiger partial charge in [-0.3, -0.25) is 0 Å². The molecule has 2 atom stereocenters. The van der Waals surface area contributed by atoms with Crippen molar-refractivity contribution in [2.24, 2.45) is 0 Å². The lowest BCUT2D eigenvalue weighted by Crippen LogP contribution is -2.42. The zero-order valence-electron chi connectivity index (χ0n) is 9.72. The second kappa shape index (κ2) is 7.24. The van der Waals surface area contributed by atoms with Crippen molar-refractivity contribution in [1.29, 1.82) is 0 Å². The average molecular weight is 245 g/mol. The molecule has 0 aliphatic carbocycles. The summed E-state index contributed by atoms with van der Waals surface area (Å²) in [5, 5.41) is 18.3. The van der Waals surface area contributed by atoms with Crippen LogP contribution in [0, 0.1) is 0 Å². The number of piperidine rings is 1. The monoisotopic (exact) mass is 245 g/mol. The van der Waals surface area contributed by atoms with Crippen molar-refractivity contribution in [3.05, 3.63) is 0 Å². The van der Waals surface area contributed by atoms with Gasteiger partial charge >= 0.3 is 11.9 Å². The number of hydrogen-bond acceptors (Lipinski definition) is 4. The molecule has 2 fully saturated rings. The van der Waals surface area contributed by atoms with E-state index in [1.54, 1.807) is 0 Å². The third kappa shape index (κ3) is 5.14. The van der Waals surface area contributed by atoms with Gasteiger partial charge in [0.25, 0.3) is 0 Å². The van der Waals surface area contributed by atoms with Crippen LogP contribution in [0.3, 0.4) is 0 Å². The number of ether oxygens (including phenoxy) is 1. The maximum atomic E-state index is 9.10. The van der Waals surface area contributed by atoms with Crippen molar-refractivity contribution >= 4 is 11.9 Å². The SMILES string of the molecule is C1CCC(C2CCCO2)NC1.O=C(O)C(=O)O. The quantitative estimate of drug-likeness (QED) is 0.581. The fourth-order valence-electron chi connectivity index (χ4n) is 2.12. The molecular formula is C11H19NO5. The standard InChI is InChI=1S/C9H17NO.C2H2O4/c1-2-6-10-8(4-1)9-5-3-7-11-9;3-1(4)2(5)6/h8-10H,1-7H2;(H,3,4)(H,5,6). The van der Waals surface area contributed by atoms with E-state index in [0.29, 0.717) is 12.1 Å². The smallest absolute Gasteiger partial charge is 0.414 e. The molecule has 17 heavy (non-hydrogen) atoms. The highest BCUT2D eigenvalue weighted by atomic mass is 16.5. The lowest BCUT2D eigenvalue weighted by molar-refractivity contribution is -0.159. The van der Waals surface area contributed by atoms with Gasteiger partial charge in [0.05, 0.1) is 6.10 Å². The fraction of sp³-hybridized carbons (Fsp3) is 0.818. The van der Waals surface area contributed by atoms with Crippen molar-refractivity contribution in [1.82, 2.24) is 5.32 Å². The first kappa shape index (κ1) is 13.9. The Morgan fingerprint density at radius 3 is 2.18 bits per heavy atom. The normalized spacial score (nSPS) is 28.0. The molecule has 0 bridgehead atoms. The summed E-state index contributed by atoms with van der Waals surface area (Å²) < 4.78 is 5.63. The van der Waals surface area contributed by atoms with Crippen LogP contribution in [0.1, 0.15) is 32.1 Å². The van der Waals surface area contributed by atoms with E-state index < -0.39 is 11.9 Å². The Bertz CT molecular complexity index is 245. The Morgan fingerprint density at radius 2 is 1.76 bits per heavy atom. The van der Waals surface area contributed by atoms with Gasteiger partial charge < -0.3 is 20.3 Å². The summed E-state index contributed by atoms with van der Waals surface area (Å²) in [6.07, 6.45) is 7.14. The van der Waals surface area contributed by atoms with Crippen molar-refractivity contribution in [2.75, 3.05) is 13.2 Å². The van der Waals surface area contributed by atoms with E-state index in [2.05, 4.69) is 5.32 Å². The molecule has 2 rings (SSSR count). The van der Waals surface area contributed by atoms with Gasteiger partial charge in [-0.2, -0.15) is 0 Å². The van der Waals surface area contributed by atoms with Gasteiger partial charge in [0.1, 0.15) is 0 Å². The van der Waals surface area contributed by atoms with Gasteiger partial charge in [0.15, 0.2) is 0 Å². The maximum absolute atomic E-state index is 9.10. The second-order valence-electron chi connectivity index (χ2n) is 4.22. The van der Waals surface area contributed by atoms with Crippen molar-refractivity contribution in [2.45, 2.75) is 44.2 Å². The molecule has 2 aliphatic rings. The molecule has 6 heteroatoms. The first-order valence-corrected chi connectivity index (χ1v) is 5.92. The highest BCUT2D eigenvalue weighted by Gasteiger charge is 2.26. The minimum Gasteiger partial charge on any atom is -0.473 e. The number of carbonyl (C=O) groups is 2. The molecule has 2 unspecified atom stereocenters. The van der Waals surface area contributed by atoms with Crippen molar-refractivity contribution in [3.63, 3.8) is 0 Å². The van der Waals surface area contributed by atoms with E-state index >= 15 is 0 Å². The van der Waals surface area contributed by atoms with Crippen LogP contribution in [0.4, 0.5) is 0 Å². The summed E-state index contributed by atoms with van der Waals surface area (Å²) >= 11 is 0. The first-order valence-electron chi connectivity index (χ1n) is 5.92. The number of nitrogens with one attached hydrogen (secondary N) is 1. The number of carboxylic acids is 2. The molecule has 0 aromatic heterocycles. The van der Waals surface area contributed by atoms with Gasteiger partial charge in [-0.1, -0.05) is 6.42 Å². The van der Waals surface area contributed by atoms with Crippen molar-refractivity contribution in [3.8, 4) is 0 Å². The summed E-state index contributed by atoms with van der Waals surface area (Å²) in [4.78, 5) is 18.2. The summed E-state index contributed by atoms with van der Waals surface area (Å²) in [5.41, 5.74) is 0. The fourth-order valence-corrected chi connectivity index (χ4v) is 2.12. The van der Waals surface area contributed by atoms with Gasteiger partial charge in [0.2, 0.25) is 0 Å². The third-order valence-corrected chi connectivity index (χ3v) is 2.95. The van der Waals surface area contributed by atoms with Crippen LogP contribution in [0.5, 0.6) is 0 Å². The van der Waals surface area contributed by atoms with Gasteiger partial charge in [-0.25, -0.2) is 9.59 Å². The van der Waals surface area contributed by atoms with Crippen LogP contribution in [-0.2, 0) is 14.3 Å². The third-order valence-electron chi connectivity index (χ3n) is 2.95. The largest absolute Gasteiger partial charge is 0.473 e. The van der Waals surface area contributed by atoms with E-state index in [-0.39, 0.29) is 0 Å². The zero-order valence-corrected chi connectivity index (χ0v) is 9.72. The van der Waals surface area contributed by atoms with Gasteiger partial charge in [-0.15, -0.1) is 0 Å². The van der Waals surface area contributed by atoms with Gasteiger partial charge in [-0.05, 0) is 32.2 Å². The summed E-state index contributed by atoms with van der Waals surface area (Å²) in [7, 11) is 0. The number of rotatable bonds is 1. The molecule has 6 nitrogen and oxygen atoms in total. The summed E-state index contributed by atoms with van der Waals surface area (Å²) in [6.45, 7) is 2.19. The summed E-state index contributed by atoms with van der Waals surface area (Å²) in [6, 6.07) is 0.672. The molecule has 0 spiro atoms. The minimum absolute atomic E-state index is 0.537. The van der Waals surface area contributed by atoms with Crippen LogP contribution in [0.15, 0.2) is 0 Å². The Balaban J connectivity index is 0.000000209. The van der Waals surface area contributed by atoms with Crippen LogP contribution >= 0.6 is 0 Å². The molecule has 0 radical (unpaired) electrons. The van der Waals surface area contributed by atoms with Crippen LogP contribution < -0.4 is 5.32 Å². The molecule has 0 amide bonds.